The van der Waals surface area contributed by atoms with Crippen molar-refractivity contribution in [1.29, 1.82) is 0 Å². The molecule has 2 nitrogen and oxygen atoms in total. The van der Waals surface area contributed by atoms with Gasteiger partial charge in [0.1, 0.15) is 18.2 Å². The van der Waals surface area contributed by atoms with E-state index >= 15 is 0 Å². The van der Waals surface area contributed by atoms with Gasteiger partial charge in [-0.2, -0.15) is 0 Å². The Labute approximate surface area is 82.4 Å². The van der Waals surface area contributed by atoms with E-state index in [1.165, 1.54) is 12.1 Å². The van der Waals surface area contributed by atoms with Crippen molar-refractivity contribution >= 4 is 5.70 Å². The molecule has 0 fully saturated rings. The molecule has 1 heterocycles. The van der Waals surface area contributed by atoms with Crippen LogP contribution in [-0.2, 0) is 4.74 Å². The Morgan fingerprint density at radius 2 is 2.21 bits per heavy atom. The first kappa shape index (κ1) is 9.06. The van der Waals surface area contributed by atoms with Gasteiger partial charge < -0.3 is 10.1 Å². The normalized spacial score (nSPS) is 19.4. The van der Waals surface area contributed by atoms with Gasteiger partial charge in [-0.3, -0.25) is 0 Å². The molecular weight excluding hydrogens is 181 g/mol. The molecule has 1 aromatic rings. The van der Waals surface area contributed by atoms with E-state index in [9.17, 15) is 4.39 Å². The first-order chi connectivity index (χ1) is 6.72. The van der Waals surface area contributed by atoms with E-state index in [1.807, 2.05) is 6.92 Å². The van der Waals surface area contributed by atoms with Gasteiger partial charge in [0.2, 0.25) is 0 Å². The molecule has 0 saturated carbocycles. The predicted molar refractivity (Wildman–Crippen MR) is 52.9 cm³/mol. The first-order valence-electron chi connectivity index (χ1n) is 4.55. The fraction of sp³-hybridized carbons (Fsp3) is 0.273. The third-order valence-electron chi connectivity index (χ3n) is 2.40. The number of halogens is 1. The second-order valence-electron chi connectivity index (χ2n) is 3.29. The molecule has 1 aliphatic heterocycles. The molecule has 14 heavy (non-hydrogen) atoms. The molecule has 1 unspecified atom stereocenters. The summed E-state index contributed by atoms with van der Waals surface area (Å²) >= 11 is 0. The number of fused-ring (bicyclic) bond motifs is 1. The summed E-state index contributed by atoms with van der Waals surface area (Å²) in [7, 11) is 1.79. The largest absolute Gasteiger partial charge is 0.491 e. The lowest BCUT2D eigenvalue weighted by molar-refractivity contribution is 0.159. The molecular formula is C11H12FNO. The van der Waals surface area contributed by atoms with Gasteiger partial charge in [0.15, 0.2) is 0 Å². The van der Waals surface area contributed by atoms with E-state index in [2.05, 4.69) is 5.32 Å². The van der Waals surface area contributed by atoms with Crippen molar-refractivity contribution in [2.24, 2.45) is 0 Å². The van der Waals surface area contributed by atoms with Crippen LogP contribution in [0.15, 0.2) is 24.5 Å². The van der Waals surface area contributed by atoms with Crippen molar-refractivity contribution in [1.82, 2.24) is 5.32 Å². The zero-order valence-electron chi connectivity index (χ0n) is 8.17. The van der Waals surface area contributed by atoms with Crippen LogP contribution in [0.4, 0.5) is 4.39 Å². The van der Waals surface area contributed by atoms with E-state index in [0.29, 0.717) is 0 Å². The van der Waals surface area contributed by atoms with E-state index in [1.54, 1.807) is 19.4 Å². The number of nitrogens with one attached hydrogen (secondary N) is 1. The van der Waals surface area contributed by atoms with Crippen LogP contribution in [0.1, 0.15) is 24.2 Å². The summed E-state index contributed by atoms with van der Waals surface area (Å²) in [5, 5.41) is 2.98. The molecule has 1 N–H and O–H groups in total. The molecule has 0 saturated heterocycles. The van der Waals surface area contributed by atoms with Gasteiger partial charge in [0.05, 0.1) is 5.70 Å². The predicted octanol–water partition coefficient (Wildman–Crippen LogP) is 2.43. The molecule has 1 atom stereocenters. The molecule has 0 amide bonds. The molecule has 2 rings (SSSR count). The Kier molecular flexibility index (Phi) is 2.15. The standard InChI is InChI=1S/C11H12FNO/c1-7-9-4-3-8(12)5-10(9)11(13-2)6-14-7/h3-7,13H,1-2H3. The maximum absolute atomic E-state index is 13.0. The average Bonchev–Trinajstić information content (AvgIpc) is 2.18. The summed E-state index contributed by atoms with van der Waals surface area (Å²) in [6, 6.07) is 4.74. The zero-order chi connectivity index (χ0) is 10.1. The Balaban J connectivity index is 2.55. The highest BCUT2D eigenvalue weighted by Gasteiger charge is 2.18. The molecule has 0 radical (unpaired) electrons. The molecule has 1 aromatic carbocycles. The zero-order valence-corrected chi connectivity index (χ0v) is 8.17. The Morgan fingerprint density at radius 1 is 1.43 bits per heavy atom. The maximum Gasteiger partial charge on any atom is 0.123 e. The number of ether oxygens (including phenoxy) is 1. The van der Waals surface area contributed by atoms with Crippen LogP contribution in [0.2, 0.25) is 0 Å². The Bertz CT molecular complexity index is 387. The van der Waals surface area contributed by atoms with Gasteiger partial charge in [-0.25, -0.2) is 4.39 Å². The summed E-state index contributed by atoms with van der Waals surface area (Å²) < 4.78 is 18.4. The minimum absolute atomic E-state index is 0.0114. The van der Waals surface area contributed by atoms with Crippen LogP contribution in [-0.4, -0.2) is 7.05 Å². The summed E-state index contributed by atoms with van der Waals surface area (Å²) in [5.41, 5.74) is 2.71. The minimum Gasteiger partial charge on any atom is -0.491 e. The molecule has 0 bridgehead atoms. The third kappa shape index (κ3) is 1.35. The van der Waals surface area contributed by atoms with E-state index < -0.39 is 0 Å². The molecule has 1 aliphatic rings. The lowest BCUT2D eigenvalue weighted by Crippen LogP contribution is -2.14. The van der Waals surface area contributed by atoms with E-state index in [-0.39, 0.29) is 11.9 Å². The van der Waals surface area contributed by atoms with Crippen molar-refractivity contribution in [3.05, 3.63) is 41.4 Å². The Hall–Kier alpha value is -1.51. The number of hydrogen-bond donors (Lipinski definition) is 1. The van der Waals surface area contributed by atoms with Gasteiger partial charge in [-0.05, 0) is 19.1 Å². The number of rotatable bonds is 1. The molecule has 3 heteroatoms. The topological polar surface area (TPSA) is 21.3 Å². The minimum atomic E-state index is -0.223. The monoisotopic (exact) mass is 193 g/mol. The van der Waals surface area contributed by atoms with Crippen LogP contribution < -0.4 is 5.32 Å². The Morgan fingerprint density at radius 3 is 2.93 bits per heavy atom. The van der Waals surface area contributed by atoms with E-state index in [4.69, 9.17) is 4.74 Å². The van der Waals surface area contributed by atoms with Crippen molar-refractivity contribution in [3.63, 3.8) is 0 Å². The molecule has 74 valence electrons. The van der Waals surface area contributed by atoms with Gasteiger partial charge >= 0.3 is 0 Å². The number of benzene rings is 1. The quantitative estimate of drug-likeness (QED) is 0.739. The van der Waals surface area contributed by atoms with Gasteiger partial charge in [0.25, 0.3) is 0 Å². The lowest BCUT2D eigenvalue weighted by atomic mass is 9.99. The van der Waals surface area contributed by atoms with Crippen molar-refractivity contribution in [3.8, 4) is 0 Å². The van der Waals surface area contributed by atoms with Crippen LogP contribution in [0.25, 0.3) is 5.70 Å². The highest BCUT2D eigenvalue weighted by atomic mass is 19.1. The smallest absolute Gasteiger partial charge is 0.123 e. The third-order valence-corrected chi connectivity index (χ3v) is 2.40. The van der Waals surface area contributed by atoms with Crippen LogP contribution in [0.3, 0.4) is 0 Å². The van der Waals surface area contributed by atoms with Gasteiger partial charge in [-0.1, -0.05) is 6.07 Å². The summed E-state index contributed by atoms with van der Waals surface area (Å²) in [5.74, 6) is -0.223. The highest BCUT2D eigenvalue weighted by Crippen LogP contribution is 2.31. The van der Waals surface area contributed by atoms with Crippen molar-refractivity contribution in [2.75, 3.05) is 7.05 Å². The van der Waals surface area contributed by atoms with Crippen LogP contribution in [0.5, 0.6) is 0 Å². The SMILES string of the molecule is CNC1=COC(C)c2ccc(F)cc21. The van der Waals surface area contributed by atoms with Crippen LogP contribution >= 0.6 is 0 Å². The highest BCUT2D eigenvalue weighted by molar-refractivity contribution is 5.67. The summed E-state index contributed by atoms with van der Waals surface area (Å²) in [6.45, 7) is 1.94. The molecule has 0 spiro atoms. The van der Waals surface area contributed by atoms with Crippen molar-refractivity contribution in [2.45, 2.75) is 13.0 Å². The van der Waals surface area contributed by atoms with Gasteiger partial charge in [0, 0.05) is 18.2 Å². The fourth-order valence-corrected chi connectivity index (χ4v) is 1.62. The number of hydrogen-bond acceptors (Lipinski definition) is 2. The fourth-order valence-electron chi connectivity index (χ4n) is 1.62. The van der Waals surface area contributed by atoms with Gasteiger partial charge in [-0.15, -0.1) is 0 Å². The molecule has 0 aromatic heterocycles. The molecule has 0 aliphatic carbocycles. The first-order valence-corrected chi connectivity index (χ1v) is 4.55. The lowest BCUT2D eigenvalue weighted by Gasteiger charge is -2.23. The summed E-state index contributed by atoms with van der Waals surface area (Å²) in [6.07, 6.45) is 1.62. The second-order valence-corrected chi connectivity index (χ2v) is 3.29. The second kappa shape index (κ2) is 3.33. The maximum atomic E-state index is 13.0. The van der Waals surface area contributed by atoms with Crippen molar-refractivity contribution < 1.29 is 9.13 Å². The van der Waals surface area contributed by atoms with E-state index in [0.717, 1.165) is 16.8 Å². The average molecular weight is 193 g/mol. The van der Waals surface area contributed by atoms with Crippen LogP contribution in [0, 0.1) is 5.82 Å². The summed E-state index contributed by atoms with van der Waals surface area (Å²) in [4.78, 5) is 0.